The summed E-state index contributed by atoms with van der Waals surface area (Å²) >= 11 is 5.83. The first-order valence-electron chi connectivity index (χ1n) is 9.61. The summed E-state index contributed by atoms with van der Waals surface area (Å²) in [6, 6.07) is 18.4. The summed E-state index contributed by atoms with van der Waals surface area (Å²) in [7, 11) is -3.76. The molecule has 0 fully saturated rings. The van der Waals surface area contributed by atoms with E-state index in [1.807, 2.05) is 6.92 Å². The van der Waals surface area contributed by atoms with E-state index in [9.17, 15) is 13.2 Å². The van der Waals surface area contributed by atoms with Gasteiger partial charge < -0.3 is 10.1 Å². The number of benzene rings is 3. The summed E-state index contributed by atoms with van der Waals surface area (Å²) in [5, 5.41) is 3.38. The fourth-order valence-corrected chi connectivity index (χ4v) is 4.01. The van der Waals surface area contributed by atoms with Crippen LogP contribution in [0.15, 0.2) is 71.6 Å². The second-order valence-corrected chi connectivity index (χ2v) is 9.13. The minimum absolute atomic E-state index is 0.159. The molecule has 31 heavy (non-hydrogen) atoms. The molecular weight excluding hydrogens is 436 g/mol. The van der Waals surface area contributed by atoms with Crippen LogP contribution in [0.5, 0.6) is 5.75 Å². The molecule has 0 aliphatic rings. The number of aryl methyl sites for hydroxylation is 2. The summed E-state index contributed by atoms with van der Waals surface area (Å²) < 4.78 is 33.5. The van der Waals surface area contributed by atoms with Gasteiger partial charge in [-0.3, -0.25) is 9.52 Å². The summed E-state index contributed by atoms with van der Waals surface area (Å²) in [5.74, 6) is 0.331. The minimum atomic E-state index is -3.76. The molecule has 0 atom stereocenters. The van der Waals surface area contributed by atoms with Crippen molar-refractivity contribution < 1.29 is 17.9 Å². The Kier molecular flexibility index (Phi) is 7.20. The van der Waals surface area contributed by atoms with Crippen LogP contribution in [0.2, 0.25) is 5.02 Å². The lowest BCUT2D eigenvalue weighted by Crippen LogP contribution is -2.28. The molecule has 0 unspecified atom stereocenters. The van der Waals surface area contributed by atoms with Crippen LogP contribution in [-0.4, -0.2) is 27.5 Å². The molecule has 162 valence electrons. The van der Waals surface area contributed by atoms with Crippen LogP contribution in [-0.2, 0) is 10.0 Å². The van der Waals surface area contributed by atoms with E-state index in [0.717, 1.165) is 5.56 Å². The average molecular weight is 459 g/mol. The Balaban J connectivity index is 1.62. The molecule has 0 aliphatic heterocycles. The van der Waals surface area contributed by atoms with Crippen LogP contribution in [0, 0.1) is 13.8 Å². The topological polar surface area (TPSA) is 84.5 Å². The van der Waals surface area contributed by atoms with Gasteiger partial charge >= 0.3 is 0 Å². The van der Waals surface area contributed by atoms with Gasteiger partial charge in [0.1, 0.15) is 12.4 Å². The van der Waals surface area contributed by atoms with Gasteiger partial charge in [0.15, 0.2) is 0 Å². The molecule has 0 spiro atoms. The Bertz CT molecular complexity index is 1160. The van der Waals surface area contributed by atoms with Crippen LogP contribution in [0.4, 0.5) is 5.69 Å². The molecule has 0 bridgehead atoms. The number of rotatable bonds is 8. The van der Waals surface area contributed by atoms with Crippen molar-refractivity contribution in [1.82, 2.24) is 5.32 Å². The molecule has 1 amide bonds. The maximum atomic E-state index is 12.7. The second-order valence-electron chi connectivity index (χ2n) is 7.01. The molecule has 3 aromatic rings. The SMILES string of the molecule is Cc1ccc(S(=O)(=O)Nc2cc(C(=O)NCCOc3ccc(Cl)cc3)ccc2C)cc1. The summed E-state index contributed by atoms with van der Waals surface area (Å²) in [6.07, 6.45) is 0. The van der Waals surface area contributed by atoms with Gasteiger partial charge in [-0.25, -0.2) is 8.42 Å². The lowest BCUT2D eigenvalue weighted by Gasteiger charge is -2.13. The van der Waals surface area contributed by atoms with E-state index in [0.29, 0.717) is 34.1 Å². The summed E-state index contributed by atoms with van der Waals surface area (Å²) in [6.45, 7) is 4.23. The third kappa shape index (κ3) is 6.23. The van der Waals surface area contributed by atoms with Gasteiger partial charge in [0, 0.05) is 10.6 Å². The third-order valence-corrected chi connectivity index (χ3v) is 6.18. The molecule has 3 rings (SSSR count). The maximum Gasteiger partial charge on any atom is 0.261 e. The number of carbonyl (C=O) groups is 1. The molecule has 0 heterocycles. The van der Waals surface area contributed by atoms with Gasteiger partial charge in [-0.15, -0.1) is 0 Å². The minimum Gasteiger partial charge on any atom is -0.492 e. The first kappa shape index (κ1) is 22.7. The zero-order chi connectivity index (χ0) is 22.4. The smallest absolute Gasteiger partial charge is 0.261 e. The molecule has 0 aromatic heterocycles. The van der Waals surface area contributed by atoms with Crippen molar-refractivity contribution >= 4 is 33.2 Å². The van der Waals surface area contributed by atoms with Crippen LogP contribution in [0.3, 0.4) is 0 Å². The van der Waals surface area contributed by atoms with Gasteiger partial charge in [-0.2, -0.15) is 0 Å². The number of hydrogen-bond acceptors (Lipinski definition) is 4. The van der Waals surface area contributed by atoms with E-state index >= 15 is 0 Å². The molecule has 6 nitrogen and oxygen atoms in total. The van der Waals surface area contributed by atoms with Crippen molar-refractivity contribution in [2.45, 2.75) is 18.7 Å². The van der Waals surface area contributed by atoms with E-state index in [1.54, 1.807) is 67.6 Å². The van der Waals surface area contributed by atoms with Crippen LogP contribution in [0.25, 0.3) is 0 Å². The van der Waals surface area contributed by atoms with Gasteiger partial charge in [0.25, 0.3) is 15.9 Å². The molecular formula is C23H23ClN2O4S. The molecule has 3 aromatic carbocycles. The van der Waals surface area contributed by atoms with E-state index in [-0.39, 0.29) is 17.4 Å². The number of hydrogen-bond donors (Lipinski definition) is 2. The fourth-order valence-electron chi connectivity index (χ4n) is 2.76. The van der Waals surface area contributed by atoms with Crippen molar-refractivity contribution in [2.75, 3.05) is 17.9 Å². The number of anilines is 1. The highest BCUT2D eigenvalue weighted by Gasteiger charge is 2.16. The first-order valence-corrected chi connectivity index (χ1v) is 11.5. The maximum absolute atomic E-state index is 12.7. The van der Waals surface area contributed by atoms with E-state index in [4.69, 9.17) is 16.3 Å². The van der Waals surface area contributed by atoms with Crippen molar-refractivity contribution in [1.29, 1.82) is 0 Å². The first-order chi connectivity index (χ1) is 14.7. The van der Waals surface area contributed by atoms with Gasteiger partial charge in [0.2, 0.25) is 0 Å². The Hall–Kier alpha value is -3.03. The molecule has 0 aliphatic carbocycles. The highest BCUT2D eigenvalue weighted by molar-refractivity contribution is 7.92. The highest BCUT2D eigenvalue weighted by Crippen LogP contribution is 2.22. The van der Waals surface area contributed by atoms with Crippen molar-refractivity contribution in [2.24, 2.45) is 0 Å². The number of ether oxygens (including phenoxy) is 1. The second kappa shape index (κ2) is 9.85. The predicted molar refractivity (Wildman–Crippen MR) is 122 cm³/mol. The zero-order valence-corrected chi connectivity index (χ0v) is 18.8. The van der Waals surface area contributed by atoms with Crippen LogP contribution >= 0.6 is 11.6 Å². The van der Waals surface area contributed by atoms with Gasteiger partial charge in [-0.05, 0) is 67.9 Å². The van der Waals surface area contributed by atoms with E-state index in [2.05, 4.69) is 10.0 Å². The van der Waals surface area contributed by atoms with Gasteiger partial charge in [0.05, 0.1) is 17.1 Å². The summed E-state index contributed by atoms with van der Waals surface area (Å²) in [5.41, 5.74) is 2.37. The number of amides is 1. The number of nitrogens with one attached hydrogen (secondary N) is 2. The number of carbonyl (C=O) groups excluding carboxylic acids is 1. The Morgan fingerprint density at radius 1 is 0.968 bits per heavy atom. The largest absolute Gasteiger partial charge is 0.492 e. The third-order valence-electron chi connectivity index (χ3n) is 4.55. The molecule has 0 radical (unpaired) electrons. The summed E-state index contributed by atoms with van der Waals surface area (Å²) in [4.78, 5) is 12.6. The Morgan fingerprint density at radius 3 is 2.32 bits per heavy atom. The molecule has 2 N–H and O–H groups in total. The molecule has 0 saturated heterocycles. The Morgan fingerprint density at radius 2 is 1.65 bits per heavy atom. The van der Waals surface area contributed by atoms with Crippen LogP contribution < -0.4 is 14.8 Å². The number of halogens is 1. The fraction of sp³-hybridized carbons (Fsp3) is 0.174. The molecule has 0 saturated carbocycles. The van der Waals surface area contributed by atoms with Crippen molar-refractivity contribution in [3.63, 3.8) is 0 Å². The lowest BCUT2D eigenvalue weighted by molar-refractivity contribution is 0.0947. The average Bonchev–Trinajstić information content (AvgIpc) is 2.74. The zero-order valence-electron chi connectivity index (χ0n) is 17.2. The lowest BCUT2D eigenvalue weighted by atomic mass is 10.1. The van der Waals surface area contributed by atoms with E-state index in [1.165, 1.54) is 6.07 Å². The van der Waals surface area contributed by atoms with E-state index < -0.39 is 10.0 Å². The Labute approximate surface area is 187 Å². The predicted octanol–water partition coefficient (Wildman–Crippen LogP) is 4.57. The van der Waals surface area contributed by atoms with Crippen molar-refractivity contribution in [3.05, 3.63) is 88.4 Å². The van der Waals surface area contributed by atoms with Gasteiger partial charge in [-0.1, -0.05) is 35.4 Å². The highest BCUT2D eigenvalue weighted by atomic mass is 35.5. The quantitative estimate of drug-likeness (QED) is 0.484. The normalized spacial score (nSPS) is 11.1. The monoisotopic (exact) mass is 458 g/mol. The van der Waals surface area contributed by atoms with Crippen molar-refractivity contribution in [3.8, 4) is 5.75 Å². The standard InChI is InChI=1S/C23H23ClN2O4S/c1-16-3-11-21(12-4-16)31(28,29)26-22-15-18(6-5-17(22)2)23(27)25-13-14-30-20-9-7-19(24)8-10-20/h3-12,15,26H,13-14H2,1-2H3,(H,25,27). The van der Waals surface area contributed by atoms with Crippen LogP contribution in [0.1, 0.15) is 21.5 Å². The molecule has 8 heteroatoms. The number of sulfonamides is 1.